The molecule has 5 rings (SSSR count). The van der Waals surface area contributed by atoms with Gasteiger partial charge in [-0.1, -0.05) is 17.8 Å². The van der Waals surface area contributed by atoms with Crippen molar-refractivity contribution in [2.45, 2.75) is 63.3 Å². The van der Waals surface area contributed by atoms with E-state index in [2.05, 4.69) is 16.9 Å². The summed E-state index contributed by atoms with van der Waals surface area (Å²) >= 11 is 3.17. The molecular formula is C23H27N5O2S2. The Morgan fingerprint density at radius 2 is 1.97 bits per heavy atom. The van der Waals surface area contributed by atoms with Crippen molar-refractivity contribution in [3.63, 3.8) is 0 Å². The van der Waals surface area contributed by atoms with Gasteiger partial charge in [0.2, 0.25) is 0 Å². The molecular weight excluding hydrogens is 442 g/mol. The largest absolute Gasteiger partial charge is 0.364 e. The maximum Gasteiger partial charge on any atom is 0.189 e. The molecule has 0 bridgehead atoms. The molecule has 0 radical (unpaired) electrons. The van der Waals surface area contributed by atoms with Gasteiger partial charge in [0.25, 0.3) is 0 Å². The standard InChI is InChI=1S/C23H27N5O2S2/c1-7-13-10-14(19-18(13)29-23(4,5)30-19)26-20-16(11(2)25-22(28-20)31-6)21-27-17-12(3)24-9-8-15(17)32-21/h7-9,13-14,18-19H,1,10H2,2-6H3,(H,25,26,28). The van der Waals surface area contributed by atoms with Crippen LogP contribution in [-0.4, -0.2) is 50.2 Å². The highest BCUT2D eigenvalue weighted by Crippen LogP contribution is 2.44. The van der Waals surface area contributed by atoms with Gasteiger partial charge in [-0.3, -0.25) is 4.98 Å². The van der Waals surface area contributed by atoms with Crippen molar-refractivity contribution in [2.75, 3.05) is 11.6 Å². The van der Waals surface area contributed by atoms with Crippen LogP contribution in [0, 0.1) is 19.8 Å². The van der Waals surface area contributed by atoms with Crippen LogP contribution in [0.3, 0.4) is 0 Å². The molecule has 1 aliphatic carbocycles. The number of rotatable bonds is 5. The normalized spacial score (nSPS) is 26.4. The summed E-state index contributed by atoms with van der Waals surface area (Å²) in [6.07, 6.45) is 6.58. The van der Waals surface area contributed by atoms with Crippen molar-refractivity contribution in [1.82, 2.24) is 19.9 Å². The molecule has 1 N–H and O–H groups in total. The summed E-state index contributed by atoms with van der Waals surface area (Å²) < 4.78 is 13.6. The van der Waals surface area contributed by atoms with Crippen LogP contribution in [0.25, 0.3) is 20.8 Å². The molecule has 0 aromatic carbocycles. The van der Waals surface area contributed by atoms with Gasteiger partial charge < -0.3 is 14.8 Å². The second-order valence-corrected chi connectivity index (χ2v) is 10.5. The molecule has 3 aromatic rings. The SMILES string of the molecule is C=CC1CC(Nc2nc(SC)nc(C)c2-c2nc3c(C)nccc3s2)C2OC(C)(C)OC12. The quantitative estimate of drug-likeness (QED) is 0.318. The summed E-state index contributed by atoms with van der Waals surface area (Å²) in [6, 6.07) is 2.05. The van der Waals surface area contributed by atoms with Crippen molar-refractivity contribution in [3.8, 4) is 10.6 Å². The number of aryl methyl sites for hydroxylation is 2. The van der Waals surface area contributed by atoms with E-state index >= 15 is 0 Å². The van der Waals surface area contributed by atoms with Crippen LogP contribution >= 0.6 is 23.1 Å². The molecule has 2 aliphatic rings. The van der Waals surface area contributed by atoms with E-state index in [1.54, 1.807) is 11.3 Å². The fraction of sp³-hybridized carbons (Fsp3) is 0.478. The first-order valence-corrected chi connectivity index (χ1v) is 12.7. The maximum absolute atomic E-state index is 6.28. The van der Waals surface area contributed by atoms with Crippen molar-refractivity contribution < 1.29 is 9.47 Å². The van der Waals surface area contributed by atoms with Crippen LogP contribution in [0.5, 0.6) is 0 Å². The van der Waals surface area contributed by atoms with Gasteiger partial charge in [0, 0.05) is 12.1 Å². The second-order valence-electron chi connectivity index (χ2n) is 8.73. The number of nitrogens with zero attached hydrogens (tertiary/aromatic N) is 4. The zero-order valence-electron chi connectivity index (χ0n) is 18.9. The van der Waals surface area contributed by atoms with E-state index in [1.165, 1.54) is 11.8 Å². The van der Waals surface area contributed by atoms with E-state index in [1.807, 2.05) is 52.3 Å². The number of nitrogens with one attached hydrogen (secondary N) is 1. The van der Waals surface area contributed by atoms with Gasteiger partial charge in [-0.2, -0.15) is 0 Å². The predicted octanol–water partition coefficient (Wildman–Crippen LogP) is 4.99. The van der Waals surface area contributed by atoms with Crippen LogP contribution in [0.4, 0.5) is 5.82 Å². The predicted molar refractivity (Wildman–Crippen MR) is 129 cm³/mol. The van der Waals surface area contributed by atoms with Crippen molar-refractivity contribution >= 4 is 39.1 Å². The highest BCUT2D eigenvalue weighted by atomic mass is 32.2. The molecule has 2 fully saturated rings. The zero-order chi connectivity index (χ0) is 22.6. The highest BCUT2D eigenvalue weighted by molar-refractivity contribution is 7.98. The molecule has 168 valence electrons. The van der Waals surface area contributed by atoms with E-state index in [9.17, 15) is 0 Å². The number of pyridine rings is 1. The summed E-state index contributed by atoms with van der Waals surface area (Å²) in [6.45, 7) is 12.0. The van der Waals surface area contributed by atoms with Gasteiger partial charge in [-0.05, 0) is 46.4 Å². The molecule has 4 atom stereocenters. The number of thioether (sulfide) groups is 1. The first-order chi connectivity index (χ1) is 15.3. The van der Waals surface area contributed by atoms with Crippen LogP contribution < -0.4 is 5.32 Å². The molecule has 1 aliphatic heterocycles. The van der Waals surface area contributed by atoms with Crippen molar-refractivity contribution in [3.05, 3.63) is 36.3 Å². The molecule has 32 heavy (non-hydrogen) atoms. The summed E-state index contributed by atoms with van der Waals surface area (Å²) in [5.41, 5.74) is 3.68. The minimum atomic E-state index is -0.608. The number of aromatic nitrogens is 4. The lowest BCUT2D eigenvalue weighted by Crippen LogP contribution is -2.35. The monoisotopic (exact) mass is 469 g/mol. The Morgan fingerprint density at radius 1 is 1.19 bits per heavy atom. The van der Waals surface area contributed by atoms with Gasteiger partial charge in [0.1, 0.15) is 22.4 Å². The molecule has 3 aromatic heterocycles. The Bertz CT molecular complexity index is 1190. The van der Waals surface area contributed by atoms with E-state index < -0.39 is 5.79 Å². The minimum absolute atomic E-state index is 0.0115. The maximum atomic E-state index is 6.28. The average molecular weight is 470 g/mol. The fourth-order valence-corrected chi connectivity index (χ4v) is 6.18. The van der Waals surface area contributed by atoms with Gasteiger partial charge in [-0.15, -0.1) is 17.9 Å². The number of hydrogen-bond acceptors (Lipinski definition) is 9. The summed E-state index contributed by atoms with van der Waals surface area (Å²) in [7, 11) is 0. The molecule has 0 amide bonds. The van der Waals surface area contributed by atoms with E-state index in [0.717, 1.165) is 49.6 Å². The Hall–Kier alpha value is -2.07. The lowest BCUT2D eigenvalue weighted by atomic mass is 10.1. The van der Waals surface area contributed by atoms with Crippen LogP contribution in [-0.2, 0) is 9.47 Å². The first kappa shape index (κ1) is 21.8. The fourth-order valence-electron chi connectivity index (χ4n) is 4.66. The summed E-state index contributed by atoms with van der Waals surface area (Å²) in [5.74, 6) is 0.402. The number of thiazole rings is 1. The Balaban J connectivity index is 1.57. The number of anilines is 1. The third kappa shape index (κ3) is 3.71. The number of hydrogen-bond donors (Lipinski definition) is 1. The average Bonchev–Trinajstić information content (AvgIpc) is 3.39. The molecule has 0 spiro atoms. The van der Waals surface area contributed by atoms with Crippen LogP contribution in [0.15, 0.2) is 30.1 Å². The molecule has 4 heterocycles. The molecule has 1 saturated carbocycles. The Morgan fingerprint density at radius 3 is 2.69 bits per heavy atom. The van der Waals surface area contributed by atoms with Crippen molar-refractivity contribution in [1.29, 1.82) is 0 Å². The summed E-state index contributed by atoms with van der Waals surface area (Å²) in [4.78, 5) is 18.9. The number of fused-ring (bicyclic) bond motifs is 2. The molecule has 4 unspecified atom stereocenters. The van der Waals surface area contributed by atoms with Crippen LogP contribution in [0.2, 0.25) is 0 Å². The van der Waals surface area contributed by atoms with Crippen molar-refractivity contribution in [2.24, 2.45) is 5.92 Å². The molecule has 9 heteroatoms. The highest BCUT2D eigenvalue weighted by Gasteiger charge is 2.53. The van der Waals surface area contributed by atoms with Gasteiger partial charge in [0.05, 0.1) is 33.8 Å². The lowest BCUT2D eigenvalue weighted by Gasteiger charge is -2.24. The smallest absolute Gasteiger partial charge is 0.189 e. The van der Waals surface area contributed by atoms with E-state index in [4.69, 9.17) is 24.4 Å². The van der Waals surface area contributed by atoms with E-state index in [0.29, 0.717) is 0 Å². The lowest BCUT2D eigenvalue weighted by molar-refractivity contribution is -0.155. The van der Waals surface area contributed by atoms with Crippen LogP contribution in [0.1, 0.15) is 31.7 Å². The topological polar surface area (TPSA) is 82.1 Å². The van der Waals surface area contributed by atoms with Gasteiger partial charge in [0.15, 0.2) is 10.9 Å². The molecule has 7 nitrogen and oxygen atoms in total. The Labute approximate surface area is 196 Å². The first-order valence-electron chi connectivity index (χ1n) is 10.7. The molecule has 1 saturated heterocycles. The third-order valence-electron chi connectivity index (χ3n) is 6.09. The third-order valence-corrected chi connectivity index (χ3v) is 7.67. The van der Waals surface area contributed by atoms with E-state index in [-0.39, 0.29) is 24.2 Å². The van der Waals surface area contributed by atoms with Gasteiger partial charge >= 0.3 is 0 Å². The second kappa shape index (κ2) is 8.06. The Kier molecular flexibility index (Phi) is 5.48. The summed E-state index contributed by atoms with van der Waals surface area (Å²) in [5, 5.41) is 5.31. The zero-order valence-corrected chi connectivity index (χ0v) is 20.5. The number of ether oxygens (including phenoxy) is 2. The van der Waals surface area contributed by atoms with Gasteiger partial charge in [-0.25, -0.2) is 15.0 Å². The minimum Gasteiger partial charge on any atom is -0.364 e.